The third-order valence-corrected chi connectivity index (χ3v) is 7.01. The van der Waals surface area contributed by atoms with Crippen LogP contribution in [0.25, 0.3) is 11.1 Å². The average molecular weight is 480 g/mol. The van der Waals surface area contributed by atoms with Crippen LogP contribution < -0.4 is 5.56 Å². The number of hydrogen-bond acceptors (Lipinski definition) is 5. The first-order valence-corrected chi connectivity index (χ1v) is 11.1. The number of aliphatic hydroxyl groups excluding tert-OH is 1. The number of rotatable bonds is 4. The molecule has 1 aromatic heterocycles. The molecule has 0 saturated carbocycles. The van der Waals surface area contributed by atoms with Crippen molar-refractivity contribution in [2.24, 2.45) is 11.8 Å². The Labute approximate surface area is 199 Å². The molecule has 4 atom stereocenters. The molecule has 3 aromatic rings. The quantitative estimate of drug-likeness (QED) is 0.581. The van der Waals surface area contributed by atoms with Crippen LogP contribution in [0.2, 0.25) is 0 Å². The Bertz CT molecular complexity index is 1370. The molecule has 2 aliphatic heterocycles. The van der Waals surface area contributed by atoms with E-state index in [2.05, 4.69) is 0 Å². The molecule has 1 saturated heterocycles. The summed E-state index contributed by atoms with van der Waals surface area (Å²) in [6.45, 7) is -0.436. The van der Waals surface area contributed by atoms with Crippen molar-refractivity contribution in [2.45, 2.75) is 18.6 Å². The normalized spacial score (nSPS) is 22.6. The summed E-state index contributed by atoms with van der Waals surface area (Å²) in [5.74, 6) is -4.08. The zero-order valence-electron chi connectivity index (χ0n) is 18.7. The minimum atomic E-state index is -0.949. The highest BCUT2D eigenvalue weighted by Crippen LogP contribution is 2.49. The van der Waals surface area contributed by atoms with Gasteiger partial charge in [0.2, 0.25) is 0 Å². The molecule has 180 valence electrons. The maximum absolute atomic E-state index is 14.5. The Balaban J connectivity index is 1.68. The Morgan fingerprint density at radius 2 is 1.77 bits per heavy atom. The number of methoxy groups -OCH3 is 1. The number of pyridine rings is 1. The van der Waals surface area contributed by atoms with Crippen LogP contribution in [0.4, 0.5) is 8.78 Å². The monoisotopic (exact) mass is 480 g/mol. The highest BCUT2D eigenvalue weighted by molar-refractivity contribution is 5.96. The van der Waals surface area contributed by atoms with Crippen LogP contribution in [0.15, 0.2) is 65.5 Å². The van der Waals surface area contributed by atoms with Crippen molar-refractivity contribution in [3.63, 3.8) is 0 Å². The molecule has 1 amide bonds. The number of aliphatic hydroxyl groups is 1. The summed E-state index contributed by atoms with van der Waals surface area (Å²) in [5, 5.41) is 10.2. The summed E-state index contributed by atoms with van der Waals surface area (Å²) in [7, 11) is 1.22. The number of nitrogens with zero attached hydrogens (tertiary/aromatic N) is 2. The second kappa shape index (κ2) is 8.74. The molecule has 1 N–H and O–H groups in total. The molecular formula is C26H22F2N2O5. The van der Waals surface area contributed by atoms with Crippen LogP contribution in [-0.4, -0.2) is 46.2 Å². The first-order chi connectivity index (χ1) is 16.9. The van der Waals surface area contributed by atoms with Gasteiger partial charge in [-0.05, 0) is 42.0 Å². The fourth-order valence-corrected chi connectivity index (χ4v) is 5.41. The molecular weight excluding hydrogens is 458 g/mol. The smallest absolute Gasteiger partial charge is 0.311 e. The topological polar surface area (TPSA) is 88.8 Å². The van der Waals surface area contributed by atoms with Gasteiger partial charge in [-0.1, -0.05) is 24.3 Å². The van der Waals surface area contributed by atoms with Gasteiger partial charge in [-0.2, -0.15) is 0 Å². The van der Waals surface area contributed by atoms with Crippen molar-refractivity contribution in [3.8, 4) is 11.1 Å². The molecule has 35 heavy (non-hydrogen) atoms. The van der Waals surface area contributed by atoms with Crippen molar-refractivity contribution >= 4 is 11.9 Å². The highest BCUT2D eigenvalue weighted by atomic mass is 19.1. The standard InChI is InChI=1S/C26H22F2N2O5/c1-35-26(34)22-18(13-31)21-12-29-20(11-10-16(24(29)32)14-6-8-15(27)9-7-14)23(22)30(21)25(33)17-4-2-3-5-19(17)28/h2-11,18,21-23,31H,12-13H2,1H3/t18-,21-,22+,23+/m0/s1. The van der Waals surface area contributed by atoms with Crippen LogP contribution in [0.5, 0.6) is 0 Å². The SMILES string of the molecule is COC(=O)[C@@H]1[C@@H](CO)[C@@H]2Cn3c(ccc(-c4ccc(F)cc4)c3=O)[C@H]1N2C(=O)c1ccccc1F. The van der Waals surface area contributed by atoms with E-state index in [-0.39, 0.29) is 17.7 Å². The molecule has 0 spiro atoms. The molecule has 5 rings (SSSR count). The van der Waals surface area contributed by atoms with Gasteiger partial charge in [-0.25, -0.2) is 8.78 Å². The number of ether oxygens (including phenoxy) is 1. The number of carbonyl (C=O) groups is 2. The minimum Gasteiger partial charge on any atom is -0.469 e. The Morgan fingerprint density at radius 3 is 2.43 bits per heavy atom. The number of amides is 1. The second-order valence-electron chi connectivity index (χ2n) is 8.69. The average Bonchev–Trinajstić information content (AvgIpc) is 3.11. The third-order valence-electron chi connectivity index (χ3n) is 7.01. The lowest BCUT2D eigenvalue weighted by Crippen LogP contribution is -2.49. The summed E-state index contributed by atoms with van der Waals surface area (Å²) in [6, 6.07) is 12.6. The number of aromatic nitrogens is 1. The minimum absolute atomic E-state index is 0.00137. The highest BCUT2D eigenvalue weighted by Gasteiger charge is 2.58. The van der Waals surface area contributed by atoms with Crippen LogP contribution in [0.1, 0.15) is 22.1 Å². The maximum atomic E-state index is 14.5. The molecule has 2 bridgehead atoms. The van der Waals surface area contributed by atoms with Crippen molar-refractivity contribution in [3.05, 3.63) is 93.9 Å². The van der Waals surface area contributed by atoms with Crippen LogP contribution >= 0.6 is 0 Å². The molecule has 0 radical (unpaired) electrons. The van der Waals surface area contributed by atoms with E-state index in [1.54, 1.807) is 12.1 Å². The number of esters is 1. The van der Waals surface area contributed by atoms with Gasteiger partial charge >= 0.3 is 5.97 Å². The predicted molar refractivity (Wildman–Crippen MR) is 121 cm³/mol. The molecule has 1 fully saturated rings. The summed E-state index contributed by atoms with van der Waals surface area (Å²) in [6.07, 6.45) is 0. The van der Waals surface area contributed by atoms with Gasteiger partial charge in [0.05, 0.1) is 30.7 Å². The Hall–Kier alpha value is -3.85. The van der Waals surface area contributed by atoms with E-state index in [1.807, 2.05) is 0 Å². The molecule has 2 aromatic carbocycles. The van der Waals surface area contributed by atoms with Gasteiger partial charge < -0.3 is 19.3 Å². The first kappa shape index (κ1) is 22.9. The van der Waals surface area contributed by atoms with Gasteiger partial charge in [-0.3, -0.25) is 14.4 Å². The van der Waals surface area contributed by atoms with Gasteiger partial charge in [0.1, 0.15) is 11.6 Å². The zero-order chi connectivity index (χ0) is 24.9. The van der Waals surface area contributed by atoms with Gasteiger partial charge in [0, 0.05) is 30.3 Å². The number of hydrogen-bond donors (Lipinski definition) is 1. The van der Waals surface area contributed by atoms with Gasteiger partial charge in [-0.15, -0.1) is 0 Å². The summed E-state index contributed by atoms with van der Waals surface area (Å²) in [5.41, 5.74) is 0.699. The van der Waals surface area contributed by atoms with E-state index in [0.29, 0.717) is 16.8 Å². The molecule has 0 unspecified atom stereocenters. The maximum Gasteiger partial charge on any atom is 0.311 e. The predicted octanol–water partition coefficient (Wildman–Crippen LogP) is 2.77. The van der Waals surface area contributed by atoms with Gasteiger partial charge in [0.15, 0.2) is 0 Å². The van der Waals surface area contributed by atoms with Gasteiger partial charge in [0.25, 0.3) is 11.5 Å². The lowest BCUT2D eigenvalue weighted by molar-refractivity contribution is -0.148. The summed E-state index contributed by atoms with van der Waals surface area (Å²) in [4.78, 5) is 41.3. The molecule has 9 heteroatoms. The van der Waals surface area contributed by atoms with E-state index in [9.17, 15) is 28.3 Å². The summed E-state index contributed by atoms with van der Waals surface area (Å²) >= 11 is 0. The summed E-state index contributed by atoms with van der Waals surface area (Å²) < 4.78 is 34.4. The number of benzene rings is 2. The fourth-order valence-electron chi connectivity index (χ4n) is 5.41. The lowest BCUT2D eigenvalue weighted by Gasteiger charge is -2.38. The molecule has 3 heterocycles. The molecule has 7 nitrogen and oxygen atoms in total. The van der Waals surface area contributed by atoms with Crippen LogP contribution in [0, 0.1) is 23.5 Å². The van der Waals surface area contributed by atoms with E-state index in [4.69, 9.17) is 4.74 Å². The molecule has 0 aliphatic carbocycles. The van der Waals surface area contributed by atoms with E-state index in [1.165, 1.54) is 65.1 Å². The van der Waals surface area contributed by atoms with Crippen LogP contribution in [0.3, 0.4) is 0 Å². The Morgan fingerprint density at radius 1 is 1.06 bits per heavy atom. The largest absolute Gasteiger partial charge is 0.469 e. The molecule has 2 aliphatic rings. The van der Waals surface area contributed by atoms with E-state index in [0.717, 1.165) is 0 Å². The lowest BCUT2D eigenvalue weighted by atomic mass is 9.87. The second-order valence-corrected chi connectivity index (χ2v) is 8.69. The van der Waals surface area contributed by atoms with Crippen molar-refractivity contribution in [1.82, 2.24) is 9.47 Å². The first-order valence-electron chi connectivity index (χ1n) is 11.1. The van der Waals surface area contributed by atoms with Crippen molar-refractivity contribution in [2.75, 3.05) is 13.7 Å². The van der Waals surface area contributed by atoms with E-state index < -0.39 is 54.0 Å². The number of halogens is 2. The fraction of sp³-hybridized carbons (Fsp3) is 0.269. The Kier molecular flexibility index (Phi) is 5.72. The number of fused-ring (bicyclic) bond motifs is 4. The number of carbonyl (C=O) groups excluding carboxylic acids is 2. The van der Waals surface area contributed by atoms with Crippen molar-refractivity contribution in [1.29, 1.82) is 0 Å². The van der Waals surface area contributed by atoms with Crippen LogP contribution in [-0.2, 0) is 16.1 Å². The van der Waals surface area contributed by atoms with E-state index >= 15 is 0 Å². The zero-order valence-corrected chi connectivity index (χ0v) is 18.7. The third kappa shape index (κ3) is 3.54. The van der Waals surface area contributed by atoms with Crippen molar-refractivity contribution < 1.29 is 28.2 Å².